The Balaban J connectivity index is 2.12. The summed E-state index contributed by atoms with van der Waals surface area (Å²) in [6.45, 7) is 3.37. The predicted octanol–water partition coefficient (Wildman–Crippen LogP) is 2.03. The van der Waals surface area contributed by atoms with Gasteiger partial charge in [0.25, 0.3) is 0 Å². The summed E-state index contributed by atoms with van der Waals surface area (Å²) >= 11 is 0. The third kappa shape index (κ3) is 5.64. The highest BCUT2D eigenvalue weighted by molar-refractivity contribution is 5.79. The van der Waals surface area contributed by atoms with Gasteiger partial charge in [-0.15, -0.1) is 0 Å². The van der Waals surface area contributed by atoms with E-state index in [1.54, 1.807) is 56.3 Å². The molecule has 2 aromatic carbocycles. The highest BCUT2D eigenvalue weighted by atomic mass is 16.6. The summed E-state index contributed by atoms with van der Waals surface area (Å²) in [5.41, 5.74) is 0.329. The summed E-state index contributed by atoms with van der Waals surface area (Å²) in [7, 11) is 3.04. The van der Waals surface area contributed by atoms with Crippen LogP contribution in [0.3, 0.4) is 0 Å². The average molecular weight is 386 g/mol. The molecule has 0 saturated carbocycles. The van der Waals surface area contributed by atoms with Crippen LogP contribution >= 0.6 is 0 Å². The highest BCUT2D eigenvalue weighted by Gasteiger charge is 2.28. The van der Waals surface area contributed by atoms with E-state index in [0.717, 1.165) is 5.56 Å². The number of carboxylic acids is 1. The molecular weight excluding hydrogens is 362 g/mol. The first-order valence-electron chi connectivity index (χ1n) is 8.73. The van der Waals surface area contributed by atoms with Gasteiger partial charge in [0.05, 0.1) is 26.2 Å². The van der Waals surface area contributed by atoms with Gasteiger partial charge in [-0.3, -0.25) is 0 Å². The largest absolute Gasteiger partial charge is 0.548 e. The lowest BCUT2D eigenvalue weighted by Gasteiger charge is -2.28. The van der Waals surface area contributed by atoms with Crippen LogP contribution < -0.4 is 19.9 Å². The minimum absolute atomic E-state index is 0.0890. The molecule has 1 atom stereocenters. The number of amides is 1. The number of benzene rings is 2. The van der Waals surface area contributed by atoms with Crippen LogP contribution in [0.4, 0.5) is 4.79 Å². The summed E-state index contributed by atoms with van der Waals surface area (Å²) in [6, 6.07) is 12.9. The van der Waals surface area contributed by atoms with Crippen LogP contribution in [0.5, 0.6) is 11.5 Å². The average Bonchev–Trinajstić information content (AvgIpc) is 2.67. The molecule has 0 aliphatic rings. The number of nitrogens with one attached hydrogen (secondary N) is 1. The van der Waals surface area contributed by atoms with Gasteiger partial charge < -0.3 is 29.4 Å². The zero-order valence-electron chi connectivity index (χ0n) is 16.4. The van der Waals surface area contributed by atoms with Crippen LogP contribution in [0.1, 0.15) is 25.0 Å². The standard InChI is InChI=1S/C21H25NO6/c1-21(2,15-11-16(26-3)13-17(12-15)27-4)28-20(25)22-18(19(23)24)10-14-8-6-5-7-9-14/h5-9,11-13,18H,10H2,1-4H3,(H,22,25)(H,23,24)/p-1/t18-/m0/s1. The molecular formula is C21H24NO6-. The van der Waals surface area contributed by atoms with E-state index >= 15 is 0 Å². The van der Waals surface area contributed by atoms with Crippen molar-refractivity contribution in [3.63, 3.8) is 0 Å². The number of carbonyl (C=O) groups excluding carboxylic acids is 2. The van der Waals surface area contributed by atoms with E-state index in [1.165, 1.54) is 14.2 Å². The Morgan fingerprint density at radius 2 is 1.61 bits per heavy atom. The highest BCUT2D eigenvalue weighted by Crippen LogP contribution is 2.32. The number of hydrogen-bond donors (Lipinski definition) is 1. The van der Waals surface area contributed by atoms with Gasteiger partial charge in [0.1, 0.15) is 17.1 Å². The minimum atomic E-state index is -1.39. The molecule has 0 heterocycles. The van der Waals surface area contributed by atoms with Crippen LogP contribution in [0, 0.1) is 0 Å². The van der Waals surface area contributed by atoms with E-state index in [1.807, 2.05) is 6.07 Å². The zero-order valence-corrected chi connectivity index (χ0v) is 16.4. The van der Waals surface area contributed by atoms with Crippen molar-refractivity contribution >= 4 is 12.1 Å². The molecule has 7 heteroatoms. The second-order valence-corrected chi connectivity index (χ2v) is 6.71. The molecule has 2 rings (SSSR count). The molecule has 150 valence electrons. The Bertz CT molecular complexity index is 797. The Morgan fingerprint density at radius 1 is 1.04 bits per heavy atom. The molecule has 7 nitrogen and oxygen atoms in total. The van der Waals surface area contributed by atoms with Crippen molar-refractivity contribution in [2.75, 3.05) is 14.2 Å². The van der Waals surface area contributed by atoms with Crippen molar-refractivity contribution in [1.29, 1.82) is 0 Å². The summed E-state index contributed by atoms with van der Waals surface area (Å²) < 4.78 is 16.0. The van der Waals surface area contributed by atoms with Crippen molar-refractivity contribution in [3.05, 3.63) is 59.7 Å². The van der Waals surface area contributed by atoms with Gasteiger partial charge in [-0.25, -0.2) is 4.79 Å². The first-order valence-corrected chi connectivity index (χ1v) is 8.73. The Kier molecular flexibility index (Phi) is 6.87. The summed E-state index contributed by atoms with van der Waals surface area (Å²) in [6.07, 6.45) is -0.775. The molecule has 0 radical (unpaired) electrons. The lowest BCUT2D eigenvalue weighted by atomic mass is 9.97. The maximum absolute atomic E-state index is 12.4. The number of methoxy groups -OCH3 is 2. The number of carboxylic acid groups (broad SMARTS) is 1. The molecule has 1 N–H and O–H groups in total. The SMILES string of the molecule is COc1cc(OC)cc(C(C)(C)OC(=O)N[C@@H](Cc2ccccc2)C(=O)[O-])c1. The maximum atomic E-state index is 12.4. The molecule has 0 bridgehead atoms. The van der Waals surface area contributed by atoms with Gasteiger partial charge in [0, 0.05) is 11.6 Å². The van der Waals surface area contributed by atoms with E-state index in [9.17, 15) is 14.7 Å². The van der Waals surface area contributed by atoms with E-state index in [-0.39, 0.29) is 6.42 Å². The molecule has 0 spiro atoms. The minimum Gasteiger partial charge on any atom is -0.548 e. The predicted molar refractivity (Wildman–Crippen MR) is 101 cm³/mol. The van der Waals surface area contributed by atoms with E-state index in [0.29, 0.717) is 17.1 Å². The Labute approximate surface area is 164 Å². The molecule has 2 aromatic rings. The molecule has 0 aliphatic carbocycles. The van der Waals surface area contributed by atoms with Gasteiger partial charge in [0.2, 0.25) is 0 Å². The molecule has 0 saturated heterocycles. The second kappa shape index (κ2) is 9.12. The fourth-order valence-electron chi connectivity index (χ4n) is 2.66. The molecule has 0 aromatic heterocycles. The summed E-state index contributed by atoms with van der Waals surface area (Å²) in [5.74, 6) is -0.298. The third-order valence-corrected chi connectivity index (χ3v) is 4.25. The molecule has 1 amide bonds. The quantitative estimate of drug-likeness (QED) is 0.746. The number of carbonyl (C=O) groups is 2. The Morgan fingerprint density at radius 3 is 2.11 bits per heavy atom. The lowest BCUT2D eigenvalue weighted by molar-refractivity contribution is -0.308. The lowest BCUT2D eigenvalue weighted by Crippen LogP contribution is -2.50. The molecule has 0 fully saturated rings. The van der Waals surface area contributed by atoms with E-state index < -0.39 is 23.7 Å². The van der Waals surface area contributed by atoms with Crippen LogP contribution in [0.25, 0.3) is 0 Å². The van der Waals surface area contributed by atoms with Crippen LogP contribution in [0.15, 0.2) is 48.5 Å². The van der Waals surface area contributed by atoms with Gasteiger partial charge >= 0.3 is 6.09 Å². The van der Waals surface area contributed by atoms with Gasteiger partial charge in [0.15, 0.2) is 0 Å². The number of ether oxygens (including phenoxy) is 3. The zero-order chi connectivity index (χ0) is 20.7. The van der Waals surface area contributed by atoms with Gasteiger partial charge in [-0.05, 0) is 38.0 Å². The second-order valence-electron chi connectivity index (χ2n) is 6.71. The summed E-state index contributed by atoms with van der Waals surface area (Å²) in [5, 5.41) is 13.8. The van der Waals surface area contributed by atoms with Crippen molar-refractivity contribution < 1.29 is 28.9 Å². The first-order chi connectivity index (χ1) is 13.2. The van der Waals surface area contributed by atoms with Crippen LogP contribution in [-0.4, -0.2) is 32.3 Å². The normalized spacial score (nSPS) is 12.0. The van der Waals surface area contributed by atoms with Gasteiger partial charge in [-0.1, -0.05) is 30.3 Å². The van der Waals surface area contributed by atoms with E-state index in [4.69, 9.17) is 14.2 Å². The Hall–Kier alpha value is -3.22. The fourth-order valence-corrected chi connectivity index (χ4v) is 2.66. The van der Waals surface area contributed by atoms with Crippen LogP contribution in [0.2, 0.25) is 0 Å². The van der Waals surface area contributed by atoms with Crippen molar-refractivity contribution in [2.24, 2.45) is 0 Å². The van der Waals surface area contributed by atoms with Crippen molar-refractivity contribution in [1.82, 2.24) is 5.32 Å². The summed E-state index contributed by atoms with van der Waals surface area (Å²) in [4.78, 5) is 23.8. The topological polar surface area (TPSA) is 96.9 Å². The smallest absolute Gasteiger partial charge is 0.408 e. The van der Waals surface area contributed by atoms with Crippen molar-refractivity contribution in [2.45, 2.75) is 31.9 Å². The number of aliphatic carboxylic acids is 1. The van der Waals surface area contributed by atoms with E-state index in [2.05, 4.69) is 5.32 Å². The monoisotopic (exact) mass is 386 g/mol. The van der Waals surface area contributed by atoms with Crippen molar-refractivity contribution in [3.8, 4) is 11.5 Å². The molecule has 28 heavy (non-hydrogen) atoms. The number of alkyl carbamates (subject to hydrolysis) is 1. The maximum Gasteiger partial charge on any atom is 0.408 e. The number of rotatable bonds is 8. The first kappa shape index (κ1) is 21.1. The third-order valence-electron chi connectivity index (χ3n) is 4.25. The molecule has 0 aliphatic heterocycles. The number of hydrogen-bond acceptors (Lipinski definition) is 6. The van der Waals surface area contributed by atoms with Crippen LogP contribution in [-0.2, 0) is 21.6 Å². The van der Waals surface area contributed by atoms with Gasteiger partial charge in [-0.2, -0.15) is 0 Å². The molecule has 0 unspecified atom stereocenters. The fraction of sp³-hybridized carbons (Fsp3) is 0.333.